The number of amides is 1. The summed E-state index contributed by atoms with van der Waals surface area (Å²) in [5.74, 6) is -4.00. The lowest BCUT2D eigenvalue weighted by Crippen LogP contribution is -2.56. The van der Waals surface area contributed by atoms with Crippen LogP contribution in [-0.4, -0.2) is 69.4 Å². The molecule has 2 unspecified atom stereocenters. The number of esters is 2. The first-order valence-corrected chi connectivity index (χ1v) is 12.0. The molecule has 0 radical (unpaired) electrons. The van der Waals surface area contributed by atoms with E-state index in [1.54, 1.807) is 67.6 Å². The number of carbonyl (C=O) groups is 4. The predicted molar refractivity (Wildman–Crippen MR) is 139 cm³/mol. The van der Waals surface area contributed by atoms with Gasteiger partial charge in [-0.05, 0) is 24.5 Å². The molecule has 1 aliphatic heterocycles. The third kappa shape index (κ3) is 5.05. The van der Waals surface area contributed by atoms with Gasteiger partial charge in [-0.25, -0.2) is 9.59 Å². The number of aliphatic carboxylic acids is 1. The Labute approximate surface area is 219 Å². The van der Waals surface area contributed by atoms with Crippen LogP contribution >= 0.6 is 24.4 Å². The molecule has 1 N–H and O–H groups in total. The van der Waals surface area contributed by atoms with Gasteiger partial charge in [0.05, 0.1) is 19.1 Å². The van der Waals surface area contributed by atoms with E-state index in [0.29, 0.717) is 11.1 Å². The zero-order valence-corrected chi connectivity index (χ0v) is 21.3. The summed E-state index contributed by atoms with van der Waals surface area (Å²) in [6, 6.07) is 14.4. The summed E-state index contributed by atoms with van der Waals surface area (Å²) in [6.07, 6.45) is -0.982. The first-order valence-electron chi connectivity index (χ1n) is 11.2. The molecule has 1 aliphatic rings. The van der Waals surface area contributed by atoms with Crippen molar-refractivity contribution in [2.24, 2.45) is 5.41 Å². The molecular formula is C26H25NO7S2. The summed E-state index contributed by atoms with van der Waals surface area (Å²) < 4.78 is 9.80. The third-order valence-electron chi connectivity index (χ3n) is 6.07. The zero-order chi connectivity index (χ0) is 26.5. The Bertz CT molecular complexity index is 1130. The zero-order valence-electron chi connectivity index (χ0n) is 19.7. The number of benzene rings is 2. The lowest BCUT2D eigenvalue weighted by molar-refractivity contribution is -0.160. The van der Waals surface area contributed by atoms with Crippen LogP contribution < -0.4 is 0 Å². The van der Waals surface area contributed by atoms with Gasteiger partial charge in [0.2, 0.25) is 5.91 Å². The van der Waals surface area contributed by atoms with Crippen molar-refractivity contribution in [2.45, 2.75) is 31.8 Å². The van der Waals surface area contributed by atoms with E-state index in [4.69, 9.17) is 33.9 Å². The minimum Gasteiger partial charge on any atom is -0.480 e. The van der Waals surface area contributed by atoms with Crippen molar-refractivity contribution in [1.82, 2.24) is 4.90 Å². The van der Waals surface area contributed by atoms with Crippen LogP contribution in [0.3, 0.4) is 0 Å². The van der Waals surface area contributed by atoms with E-state index in [1.807, 2.05) is 0 Å². The number of carboxylic acid groups (broad SMARTS) is 1. The molecule has 1 saturated heterocycles. The fraction of sp³-hybridized carbons (Fsp3) is 0.308. The Hall–Kier alpha value is -3.50. The second-order valence-electron chi connectivity index (χ2n) is 8.13. The van der Waals surface area contributed by atoms with Crippen LogP contribution in [0.15, 0.2) is 60.7 Å². The van der Waals surface area contributed by atoms with Crippen LogP contribution in [0.1, 0.15) is 30.9 Å². The van der Waals surface area contributed by atoms with E-state index in [2.05, 4.69) is 0 Å². The number of ether oxygens (including phenoxy) is 2. The maximum atomic E-state index is 13.3. The van der Waals surface area contributed by atoms with Gasteiger partial charge in [0.1, 0.15) is 18.5 Å². The number of thiocarbonyl (C=S) groups is 2. The first kappa shape index (κ1) is 27.1. The summed E-state index contributed by atoms with van der Waals surface area (Å²) in [6.45, 7) is 1.62. The highest BCUT2D eigenvalue weighted by Crippen LogP contribution is 2.48. The van der Waals surface area contributed by atoms with Crippen molar-refractivity contribution in [2.75, 3.05) is 13.7 Å². The molecule has 10 heteroatoms. The molecule has 0 saturated carbocycles. The van der Waals surface area contributed by atoms with Crippen molar-refractivity contribution in [1.29, 1.82) is 0 Å². The summed E-state index contributed by atoms with van der Waals surface area (Å²) in [5, 5.41) is 10.5. The lowest BCUT2D eigenvalue weighted by atomic mass is 9.69. The van der Waals surface area contributed by atoms with E-state index in [-0.39, 0.29) is 22.8 Å². The molecular weight excluding hydrogens is 502 g/mol. The molecule has 2 aromatic carbocycles. The van der Waals surface area contributed by atoms with Crippen LogP contribution in [0.5, 0.6) is 0 Å². The van der Waals surface area contributed by atoms with Gasteiger partial charge in [0.15, 0.2) is 0 Å². The molecule has 2 aromatic rings. The second kappa shape index (κ2) is 11.5. The lowest BCUT2D eigenvalue weighted by Gasteiger charge is -2.37. The van der Waals surface area contributed by atoms with Crippen molar-refractivity contribution in [3.8, 4) is 0 Å². The SMILES string of the molecule is CCOC(=O)CC(=O)N1C(C(=O)OC)CC(C(=S)c2ccccc2)(C(=S)c2ccccc2)C1C(=O)O. The van der Waals surface area contributed by atoms with Crippen molar-refractivity contribution in [3.63, 3.8) is 0 Å². The minimum atomic E-state index is -1.68. The van der Waals surface area contributed by atoms with E-state index in [0.717, 1.165) is 12.0 Å². The molecule has 188 valence electrons. The predicted octanol–water partition coefficient (Wildman–Crippen LogP) is 2.99. The fourth-order valence-corrected chi connectivity index (χ4v) is 5.50. The number of carbonyl (C=O) groups excluding carboxylic acids is 3. The Morgan fingerprint density at radius 2 is 1.47 bits per heavy atom. The quantitative estimate of drug-likeness (QED) is 0.228. The monoisotopic (exact) mass is 527 g/mol. The summed E-state index contributed by atoms with van der Waals surface area (Å²) >= 11 is 11.8. The Kier molecular flexibility index (Phi) is 8.65. The molecule has 1 amide bonds. The molecule has 0 spiro atoms. The van der Waals surface area contributed by atoms with Crippen molar-refractivity contribution in [3.05, 3.63) is 71.8 Å². The van der Waals surface area contributed by atoms with Gasteiger partial charge in [-0.2, -0.15) is 0 Å². The van der Waals surface area contributed by atoms with Crippen LogP contribution in [0.25, 0.3) is 0 Å². The van der Waals surface area contributed by atoms with E-state index in [9.17, 15) is 24.3 Å². The van der Waals surface area contributed by atoms with Crippen LogP contribution in [0.2, 0.25) is 0 Å². The van der Waals surface area contributed by atoms with Crippen LogP contribution in [0, 0.1) is 5.41 Å². The maximum absolute atomic E-state index is 13.3. The molecule has 8 nitrogen and oxygen atoms in total. The Morgan fingerprint density at radius 1 is 0.972 bits per heavy atom. The number of rotatable bonds is 9. The molecule has 1 fully saturated rings. The molecule has 0 bridgehead atoms. The molecule has 0 aliphatic carbocycles. The Morgan fingerprint density at radius 3 is 1.89 bits per heavy atom. The van der Waals surface area contributed by atoms with Gasteiger partial charge in [0, 0.05) is 9.73 Å². The highest BCUT2D eigenvalue weighted by molar-refractivity contribution is 7.82. The van der Waals surface area contributed by atoms with Crippen molar-refractivity contribution >= 4 is 58.0 Å². The van der Waals surface area contributed by atoms with Crippen LogP contribution in [0.4, 0.5) is 0 Å². The van der Waals surface area contributed by atoms with E-state index < -0.39 is 47.7 Å². The highest BCUT2D eigenvalue weighted by atomic mass is 32.1. The van der Waals surface area contributed by atoms with E-state index >= 15 is 0 Å². The maximum Gasteiger partial charge on any atom is 0.328 e. The van der Waals surface area contributed by atoms with Crippen LogP contribution in [-0.2, 0) is 28.7 Å². The number of methoxy groups -OCH3 is 1. The number of hydrogen-bond donors (Lipinski definition) is 1. The largest absolute Gasteiger partial charge is 0.480 e. The number of likely N-dealkylation sites (tertiary alicyclic amines) is 1. The second-order valence-corrected chi connectivity index (χ2v) is 8.94. The smallest absolute Gasteiger partial charge is 0.328 e. The van der Waals surface area contributed by atoms with Gasteiger partial charge in [-0.3, -0.25) is 9.59 Å². The average Bonchev–Trinajstić information content (AvgIpc) is 3.26. The fourth-order valence-electron chi connectivity index (χ4n) is 4.57. The Balaban J connectivity index is 2.26. The van der Waals surface area contributed by atoms with Gasteiger partial charge in [-0.1, -0.05) is 85.1 Å². The van der Waals surface area contributed by atoms with Crippen molar-refractivity contribution < 1.29 is 33.8 Å². The number of carboxylic acids is 1. The number of hydrogen-bond acceptors (Lipinski definition) is 8. The van der Waals surface area contributed by atoms with Gasteiger partial charge < -0.3 is 19.5 Å². The van der Waals surface area contributed by atoms with Gasteiger partial charge in [0.25, 0.3) is 0 Å². The van der Waals surface area contributed by atoms with Gasteiger partial charge in [-0.15, -0.1) is 0 Å². The summed E-state index contributed by atoms with van der Waals surface area (Å²) in [4.78, 5) is 52.5. The average molecular weight is 528 g/mol. The molecule has 36 heavy (non-hydrogen) atoms. The topological polar surface area (TPSA) is 110 Å². The minimum absolute atomic E-state index is 0.0367. The number of nitrogens with zero attached hydrogens (tertiary/aromatic N) is 1. The summed E-state index contributed by atoms with van der Waals surface area (Å²) in [5.41, 5.74) is -0.580. The van der Waals surface area contributed by atoms with E-state index in [1.165, 1.54) is 0 Å². The molecule has 1 heterocycles. The highest BCUT2D eigenvalue weighted by Gasteiger charge is 2.63. The summed E-state index contributed by atoms with van der Waals surface area (Å²) in [7, 11) is 1.14. The normalized spacial score (nSPS) is 18.2. The standard InChI is InChI=1S/C26H25NO7S2/c1-3-34-20(29)14-19(28)27-18(25(32)33-2)15-26(21(27)24(30)31,22(35)16-10-6-4-7-11-16)23(36)17-12-8-5-9-13-17/h4-13,18,21H,3,14-15H2,1-2H3,(H,30,31). The third-order valence-corrected chi connectivity index (χ3v) is 7.27. The molecule has 2 atom stereocenters. The molecule has 0 aromatic heterocycles. The van der Waals surface area contributed by atoms with Gasteiger partial charge >= 0.3 is 17.9 Å². The first-order chi connectivity index (χ1) is 17.2. The molecule has 3 rings (SSSR count).